The van der Waals surface area contributed by atoms with Crippen molar-refractivity contribution in [3.63, 3.8) is 0 Å². The van der Waals surface area contributed by atoms with Crippen LogP contribution in [0, 0.1) is 42.0 Å². The number of ketones is 2. The number of nitrogens with zero attached hydrogens (tertiary/aromatic N) is 4. The first-order valence-corrected chi connectivity index (χ1v) is 31.7. The number of hydrogen-bond acceptors (Lipinski definition) is 16. The van der Waals surface area contributed by atoms with Gasteiger partial charge in [-0.2, -0.15) is 9.59 Å². The van der Waals surface area contributed by atoms with Crippen LogP contribution in [-0.2, 0) is 76.1 Å². The Bertz CT molecular complexity index is 4400. The fourth-order valence-electron chi connectivity index (χ4n) is 10.9. The predicted octanol–water partition coefficient (Wildman–Crippen LogP) is 11.7. The number of rotatable bonds is 23. The van der Waals surface area contributed by atoms with Crippen molar-refractivity contribution in [2.75, 3.05) is 20.8 Å². The van der Waals surface area contributed by atoms with Gasteiger partial charge in [0.15, 0.2) is 52.1 Å². The van der Waals surface area contributed by atoms with Gasteiger partial charge >= 0.3 is 18.1 Å². The molecule has 2 aliphatic rings. The molecule has 8 aromatic rings. The van der Waals surface area contributed by atoms with Crippen LogP contribution in [0.5, 0.6) is 17.2 Å². The lowest BCUT2D eigenvalue weighted by Gasteiger charge is -2.44. The van der Waals surface area contributed by atoms with Crippen LogP contribution < -0.4 is 30.5 Å². The lowest BCUT2D eigenvalue weighted by molar-refractivity contribution is -0.191. The van der Waals surface area contributed by atoms with E-state index in [1.165, 1.54) is 43.3 Å². The van der Waals surface area contributed by atoms with E-state index in [4.69, 9.17) is 38.0 Å². The zero-order valence-electron chi connectivity index (χ0n) is 56.0. The molecule has 0 bridgehead atoms. The van der Waals surface area contributed by atoms with Gasteiger partial charge in [-0.15, -0.1) is 0 Å². The number of hydrogen-bond donors (Lipinski definition) is 0. The van der Waals surface area contributed by atoms with Gasteiger partial charge in [0.2, 0.25) is 16.3 Å². The van der Waals surface area contributed by atoms with Crippen LogP contribution in [0.2, 0.25) is 0 Å². The zero-order valence-corrected chi connectivity index (χ0v) is 56.0. The van der Waals surface area contributed by atoms with Gasteiger partial charge in [0.05, 0.1) is 38.5 Å². The highest BCUT2D eigenvalue weighted by Gasteiger charge is 2.42. The first-order chi connectivity index (χ1) is 47.4. The van der Waals surface area contributed by atoms with E-state index >= 15 is 0 Å². The molecule has 5 aromatic carbocycles. The third-order valence-corrected chi connectivity index (χ3v) is 15.7. The van der Waals surface area contributed by atoms with E-state index < -0.39 is 69.8 Å². The van der Waals surface area contributed by atoms with Crippen LogP contribution >= 0.6 is 0 Å². The van der Waals surface area contributed by atoms with Crippen molar-refractivity contribution in [2.24, 2.45) is 11.8 Å². The topological polar surface area (TPSA) is 244 Å². The summed E-state index contributed by atoms with van der Waals surface area (Å²) in [6.45, 7) is 13.5. The number of fused-ring (bicyclic) bond motifs is 2. The summed E-state index contributed by atoms with van der Waals surface area (Å²) in [4.78, 5) is 122. The number of halogens is 4. The molecule has 520 valence electrons. The number of benzene rings is 5. The standard InChI is InChI=1S/C28H26F2N2O5.C27H27F2NO5.C19H23NO4.CO2/c1-17-11-12-36-24-15-31-14-21(23(33)10-8-19-7-9-20(29)13-22(19)30)26(34)27(25(31)28(35)32(17)24)37-16-18-5-3-2-4-6-18;1-17(2)14-30-15-21(23(31)12-10-19-9-11-20(28)13-22(19)29)25(32)26(24(30)27(33)34-3)35-16-18-7-5-4-6-8-18;1-13(2)10-20-11-14(3)17(21)18(16(20)19(22)23-4)24-12-15-8-6-5-7-9-15;2-1-3/h2-7,9,13-14,17,24H,8,10-12,15-16H2,1H3;4-9,11,13,15,17H,10,12,14,16H2,1-3H3;5-9,11,13H,10,12H2,1-4H3;/t17-,24+;;;/m1.../s1. The number of esters is 2. The minimum atomic E-state index is -0.766. The molecule has 0 N–H and O–H groups in total. The Labute approximate surface area is 568 Å². The highest BCUT2D eigenvalue weighted by molar-refractivity contribution is 6.00. The largest absolute Gasteiger partial charge is 0.483 e. The molecule has 10 rings (SSSR count). The van der Waals surface area contributed by atoms with E-state index in [0.717, 1.165) is 41.0 Å². The number of ether oxygens (including phenoxy) is 6. The van der Waals surface area contributed by atoms with Gasteiger partial charge in [0.25, 0.3) is 5.91 Å². The number of amides is 1. The molecular weight excluding hydrogens is 1290 g/mol. The van der Waals surface area contributed by atoms with Crippen LogP contribution in [0.4, 0.5) is 17.6 Å². The lowest BCUT2D eigenvalue weighted by Crippen LogP contribution is -2.57. The van der Waals surface area contributed by atoms with Gasteiger partial charge in [-0.25, -0.2) is 27.2 Å². The predicted molar refractivity (Wildman–Crippen MR) is 355 cm³/mol. The summed E-state index contributed by atoms with van der Waals surface area (Å²) in [5.41, 5.74) is 1.46. The van der Waals surface area contributed by atoms with Crippen LogP contribution in [0.1, 0.15) is 139 Å². The number of carbonyl (C=O) groups excluding carboxylic acids is 7. The second-order valence-corrected chi connectivity index (χ2v) is 24.0. The van der Waals surface area contributed by atoms with Crippen molar-refractivity contribution in [2.45, 2.75) is 125 Å². The molecule has 2 aliphatic heterocycles. The molecule has 0 spiro atoms. The summed E-state index contributed by atoms with van der Waals surface area (Å²) in [6, 6.07) is 33.9. The summed E-state index contributed by atoms with van der Waals surface area (Å²) in [6.07, 6.45) is 4.39. The summed E-state index contributed by atoms with van der Waals surface area (Å²) in [5, 5.41) is 0. The van der Waals surface area contributed by atoms with Gasteiger partial charge in [-0.3, -0.25) is 28.8 Å². The van der Waals surface area contributed by atoms with E-state index in [-0.39, 0.29) is 132 Å². The minimum Gasteiger partial charge on any atom is -0.483 e. The van der Waals surface area contributed by atoms with Gasteiger partial charge in [0.1, 0.15) is 43.1 Å². The molecular formula is C75H76F4N4O16. The van der Waals surface area contributed by atoms with Gasteiger partial charge in [-0.05, 0) is 84.9 Å². The summed E-state index contributed by atoms with van der Waals surface area (Å²) in [7, 11) is 2.50. The number of methoxy groups -OCH3 is 2. The number of aryl methyl sites for hydroxylation is 3. The maximum absolute atomic E-state index is 14.1. The molecule has 1 amide bonds. The van der Waals surface area contributed by atoms with Crippen molar-refractivity contribution in [3.8, 4) is 17.2 Å². The van der Waals surface area contributed by atoms with Crippen LogP contribution in [0.3, 0.4) is 0 Å². The molecule has 24 heteroatoms. The molecule has 3 aromatic heterocycles. The molecule has 0 unspecified atom stereocenters. The van der Waals surface area contributed by atoms with E-state index in [1.807, 2.05) is 113 Å². The molecule has 1 fully saturated rings. The fourth-order valence-corrected chi connectivity index (χ4v) is 10.9. The van der Waals surface area contributed by atoms with Crippen molar-refractivity contribution in [1.82, 2.24) is 18.6 Å². The smallest absolute Gasteiger partial charge is 0.373 e. The Balaban J connectivity index is 0.000000209. The second kappa shape index (κ2) is 35.9. The highest BCUT2D eigenvalue weighted by Crippen LogP contribution is 2.31. The van der Waals surface area contributed by atoms with E-state index in [2.05, 4.69) is 0 Å². The molecule has 0 saturated carbocycles. The molecule has 20 nitrogen and oxygen atoms in total. The van der Waals surface area contributed by atoms with Crippen molar-refractivity contribution < 1.29 is 79.5 Å². The quantitative estimate of drug-likeness (QED) is 0.0328. The van der Waals surface area contributed by atoms with Gasteiger partial charge in [-0.1, -0.05) is 131 Å². The zero-order chi connectivity index (χ0) is 72.0. The Morgan fingerprint density at radius 2 is 0.970 bits per heavy atom. The summed E-state index contributed by atoms with van der Waals surface area (Å²) >= 11 is 0. The number of aromatic nitrogens is 3. The van der Waals surface area contributed by atoms with E-state index in [0.29, 0.717) is 37.6 Å². The third kappa shape index (κ3) is 19.9. The Hall–Kier alpha value is -10.8. The summed E-state index contributed by atoms with van der Waals surface area (Å²) in [5.74, 6) is -5.79. The highest BCUT2D eigenvalue weighted by atomic mass is 19.1. The molecule has 99 heavy (non-hydrogen) atoms. The normalized spacial score (nSPS) is 13.6. The maximum atomic E-state index is 14.1. The van der Waals surface area contributed by atoms with Crippen molar-refractivity contribution in [3.05, 3.63) is 262 Å². The molecule has 5 heterocycles. The van der Waals surface area contributed by atoms with E-state index in [9.17, 15) is 55.9 Å². The minimum absolute atomic E-state index is 0.000186. The molecule has 2 atom stereocenters. The Kier molecular flexibility index (Phi) is 27.4. The molecule has 0 aliphatic carbocycles. The third-order valence-electron chi connectivity index (χ3n) is 15.7. The average Bonchev–Trinajstić information content (AvgIpc) is 0.750. The second-order valence-electron chi connectivity index (χ2n) is 24.0. The Morgan fingerprint density at radius 1 is 0.566 bits per heavy atom. The van der Waals surface area contributed by atoms with Crippen molar-refractivity contribution in [1.29, 1.82) is 0 Å². The number of Topliss-reactive ketones (excluding diaryl/α,β-unsaturated/α-hetero) is 2. The molecule has 1 saturated heterocycles. The monoisotopic (exact) mass is 1360 g/mol. The van der Waals surface area contributed by atoms with Crippen LogP contribution in [0.25, 0.3) is 0 Å². The maximum Gasteiger partial charge on any atom is 0.373 e. The van der Waals surface area contributed by atoms with Gasteiger partial charge < -0.3 is 47.0 Å². The van der Waals surface area contributed by atoms with Crippen molar-refractivity contribution >= 4 is 35.6 Å². The average molecular weight is 1370 g/mol. The van der Waals surface area contributed by atoms with Crippen LogP contribution in [-0.4, -0.2) is 87.3 Å². The Morgan fingerprint density at radius 3 is 1.39 bits per heavy atom. The van der Waals surface area contributed by atoms with Crippen LogP contribution in [0.15, 0.2) is 160 Å². The lowest BCUT2D eigenvalue weighted by atomic mass is 10.0. The first-order valence-electron chi connectivity index (χ1n) is 31.7. The number of pyridine rings is 3. The summed E-state index contributed by atoms with van der Waals surface area (Å²) < 4.78 is 92.3. The number of carbonyl (C=O) groups is 5. The first kappa shape index (κ1) is 75.5. The van der Waals surface area contributed by atoms with Gasteiger partial charge in [0, 0.05) is 68.3 Å². The van der Waals surface area contributed by atoms with E-state index in [1.54, 1.807) is 39.3 Å². The molecule has 0 radical (unpaired) electrons. The fraction of sp³-hybridized carbons (Fsp3) is 0.320. The SMILES string of the molecule is COC(=O)c1c(OCc2ccccc2)c(=O)c(C(=O)CCc2ccc(F)cc2F)cn1CC(C)C.COC(=O)c1c(OCc2ccccc2)c(=O)c(C)cn1CC(C)C.C[C@@H]1CCO[C@H]2Cn3cc(C(=O)CCc4ccc(F)cc4F)c(=O)c(OCc4ccccc4)c3C(=O)N12.O=C=O.